The number of alkyl halides is 1. The van der Waals surface area contributed by atoms with Gasteiger partial charge in [-0.2, -0.15) is 0 Å². The number of carbonyl (C=O) groups is 2. The van der Waals surface area contributed by atoms with Gasteiger partial charge in [0.05, 0.1) is 22.4 Å². The van der Waals surface area contributed by atoms with Gasteiger partial charge in [0.1, 0.15) is 4.87 Å². The minimum atomic E-state index is -1.17. The van der Waals surface area contributed by atoms with E-state index in [1.807, 2.05) is 48.5 Å². The molecule has 0 N–H and O–H groups in total. The molecular formula is C24H14BrClN2O4. The zero-order chi connectivity index (χ0) is 22.4. The third kappa shape index (κ3) is 2.25. The molecule has 2 bridgehead atoms. The van der Waals surface area contributed by atoms with E-state index in [2.05, 4.69) is 15.9 Å². The first-order chi connectivity index (χ1) is 15.4. The second-order valence-electron chi connectivity index (χ2n) is 8.27. The van der Waals surface area contributed by atoms with Gasteiger partial charge >= 0.3 is 0 Å². The lowest BCUT2D eigenvalue weighted by Gasteiger charge is -2.50. The summed E-state index contributed by atoms with van der Waals surface area (Å²) in [5, 5.41) is 11.1. The summed E-state index contributed by atoms with van der Waals surface area (Å²) in [4.78, 5) is 38.1. The van der Waals surface area contributed by atoms with Crippen molar-refractivity contribution in [3.63, 3.8) is 0 Å². The number of nitro groups is 1. The number of hydrogen-bond donors (Lipinski definition) is 0. The van der Waals surface area contributed by atoms with Crippen molar-refractivity contribution in [1.82, 2.24) is 0 Å². The van der Waals surface area contributed by atoms with Crippen molar-refractivity contribution in [2.75, 3.05) is 4.90 Å². The van der Waals surface area contributed by atoms with Crippen molar-refractivity contribution >= 4 is 50.7 Å². The summed E-state index contributed by atoms with van der Waals surface area (Å²) in [5.41, 5.74) is 3.80. The molecule has 4 aliphatic rings. The third-order valence-electron chi connectivity index (χ3n) is 6.90. The van der Waals surface area contributed by atoms with Crippen LogP contribution in [0.25, 0.3) is 0 Å². The first kappa shape index (κ1) is 19.6. The van der Waals surface area contributed by atoms with E-state index in [4.69, 9.17) is 11.6 Å². The van der Waals surface area contributed by atoms with E-state index in [0.29, 0.717) is 4.47 Å². The molecule has 0 spiro atoms. The molecule has 0 unspecified atom stereocenters. The van der Waals surface area contributed by atoms with Gasteiger partial charge in [0.2, 0.25) is 11.8 Å². The number of hydrogen-bond acceptors (Lipinski definition) is 4. The van der Waals surface area contributed by atoms with Crippen LogP contribution in [0.4, 0.5) is 11.4 Å². The van der Waals surface area contributed by atoms with Crippen LogP contribution in [-0.4, -0.2) is 16.7 Å². The summed E-state index contributed by atoms with van der Waals surface area (Å²) < 4.78 is 0.304. The van der Waals surface area contributed by atoms with E-state index >= 15 is 0 Å². The van der Waals surface area contributed by atoms with Gasteiger partial charge < -0.3 is 0 Å². The molecule has 1 saturated heterocycles. The Morgan fingerprint density at radius 3 is 2.09 bits per heavy atom. The molecule has 0 saturated carbocycles. The fourth-order valence-corrected chi connectivity index (χ4v) is 6.82. The Bertz CT molecular complexity index is 1330. The Hall–Kier alpha value is -3.03. The van der Waals surface area contributed by atoms with Crippen molar-refractivity contribution < 1.29 is 14.5 Å². The molecule has 2 amide bonds. The quantitative estimate of drug-likeness (QED) is 0.208. The van der Waals surface area contributed by atoms with Gasteiger partial charge in [-0.15, -0.1) is 11.6 Å². The van der Waals surface area contributed by atoms with Crippen LogP contribution in [0.3, 0.4) is 0 Å². The first-order valence-corrected chi connectivity index (χ1v) is 11.2. The summed E-state index contributed by atoms with van der Waals surface area (Å²) in [6.07, 6.45) is 0. The van der Waals surface area contributed by atoms with Crippen LogP contribution in [0, 0.1) is 22.0 Å². The second kappa shape index (κ2) is 6.49. The molecular weight excluding hydrogens is 496 g/mol. The maximum atomic E-state index is 13.8. The standard InChI is InChI=1S/C24H14BrClN2O4/c25-17-11-12(28(31)32)9-10-18(17)27-22(29)20-19-13-5-1-3-7-15(13)24(26,21(20)23(27)30)16-8-4-2-6-14(16)19/h1-11,19-21H/t19?,20-,21+,24?/m0/s1. The van der Waals surface area contributed by atoms with Gasteiger partial charge in [-0.25, -0.2) is 4.90 Å². The Morgan fingerprint density at radius 1 is 0.938 bits per heavy atom. The summed E-state index contributed by atoms with van der Waals surface area (Å²) in [7, 11) is 0. The Balaban J connectivity index is 1.57. The molecule has 6 nitrogen and oxygen atoms in total. The maximum Gasteiger partial charge on any atom is 0.270 e. The third-order valence-corrected chi connectivity index (χ3v) is 8.17. The lowest BCUT2D eigenvalue weighted by Crippen LogP contribution is -2.50. The Morgan fingerprint density at radius 2 is 1.53 bits per heavy atom. The summed E-state index contributed by atoms with van der Waals surface area (Å²) in [5.74, 6) is -2.43. The number of non-ortho nitro benzene ring substituents is 1. The molecule has 3 aromatic rings. The molecule has 3 aliphatic carbocycles. The molecule has 8 heteroatoms. The van der Waals surface area contributed by atoms with Crippen LogP contribution in [0.15, 0.2) is 71.2 Å². The van der Waals surface area contributed by atoms with Gasteiger partial charge in [-0.1, -0.05) is 48.5 Å². The van der Waals surface area contributed by atoms with E-state index in [-0.39, 0.29) is 23.2 Å². The SMILES string of the molecule is O=C1[C@H]2C3c4ccccc4C(Cl)(c4ccccc43)[C@H]2C(=O)N1c1ccc([N+](=O)[O-])cc1Br. The molecule has 1 fully saturated rings. The smallest absolute Gasteiger partial charge is 0.270 e. The van der Waals surface area contributed by atoms with E-state index in [1.165, 1.54) is 18.2 Å². The van der Waals surface area contributed by atoms with Crippen LogP contribution in [0.2, 0.25) is 0 Å². The lowest BCUT2D eigenvalue weighted by molar-refractivity contribution is -0.384. The summed E-state index contributed by atoms with van der Waals surface area (Å²) in [6.45, 7) is 0. The average Bonchev–Trinajstić information content (AvgIpc) is 3.06. The van der Waals surface area contributed by atoms with E-state index in [9.17, 15) is 19.7 Å². The van der Waals surface area contributed by atoms with E-state index in [1.54, 1.807) is 0 Å². The maximum absolute atomic E-state index is 13.8. The molecule has 7 rings (SSSR count). The van der Waals surface area contributed by atoms with Gasteiger partial charge in [0.25, 0.3) is 5.69 Å². The van der Waals surface area contributed by atoms with Crippen molar-refractivity contribution in [1.29, 1.82) is 0 Å². The van der Waals surface area contributed by atoms with Crippen LogP contribution in [-0.2, 0) is 14.5 Å². The average molecular weight is 510 g/mol. The van der Waals surface area contributed by atoms with Gasteiger partial charge in [-0.3, -0.25) is 19.7 Å². The fourth-order valence-electron chi connectivity index (χ4n) is 5.71. The first-order valence-electron chi connectivity index (χ1n) is 10.0. The number of rotatable bonds is 2. The van der Waals surface area contributed by atoms with Crippen LogP contribution in [0.5, 0.6) is 0 Å². The number of anilines is 1. The largest absolute Gasteiger partial charge is 0.274 e. The van der Waals surface area contributed by atoms with Crippen molar-refractivity contribution in [2.45, 2.75) is 10.8 Å². The molecule has 1 aliphatic heterocycles. The molecule has 0 aromatic heterocycles. The van der Waals surface area contributed by atoms with Gasteiger partial charge in [0.15, 0.2) is 0 Å². The summed E-state index contributed by atoms with van der Waals surface area (Å²) >= 11 is 10.7. The number of imide groups is 1. The zero-order valence-electron chi connectivity index (χ0n) is 16.4. The molecule has 0 radical (unpaired) electrons. The molecule has 2 atom stereocenters. The highest BCUT2D eigenvalue weighted by atomic mass is 79.9. The monoisotopic (exact) mass is 508 g/mol. The second-order valence-corrected chi connectivity index (χ2v) is 9.72. The number of nitro benzene ring substituents is 1. The molecule has 158 valence electrons. The normalized spacial score (nSPS) is 27.2. The molecule has 1 heterocycles. The van der Waals surface area contributed by atoms with Crippen molar-refractivity contribution in [2.24, 2.45) is 11.8 Å². The Labute approximate surface area is 196 Å². The fraction of sp³-hybridized carbons (Fsp3) is 0.167. The predicted molar refractivity (Wildman–Crippen MR) is 122 cm³/mol. The number of benzene rings is 3. The molecule has 32 heavy (non-hydrogen) atoms. The zero-order valence-corrected chi connectivity index (χ0v) is 18.7. The minimum absolute atomic E-state index is 0.133. The van der Waals surface area contributed by atoms with Crippen LogP contribution in [0.1, 0.15) is 28.2 Å². The number of carbonyl (C=O) groups excluding carboxylic acids is 2. The van der Waals surface area contributed by atoms with Crippen molar-refractivity contribution in [3.05, 3.63) is 104 Å². The van der Waals surface area contributed by atoms with Gasteiger partial charge in [-0.05, 0) is 44.3 Å². The van der Waals surface area contributed by atoms with E-state index < -0.39 is 27.5 Å². The number of nitrogens with zero attached hydrogens (tertiary/aromatic N) is 2. The minimum Gasteiger partial charge on any atom is -0.274 e. The van der Waals surface area contributed by atoms with Crippen LogP contribution >= 0.6 is 27.5 Å². The lowest BCUT2D eigenvalue weighted by atomic mass is 9.54. The molecule has 3 aromatic carbocycles. The van der Waals surface area contributed by atoms with E-state index in [0.717, 1.165) is 27.2 Å². The highest BCUT2D eigenvalue weighted by Crippen LogP contribution is 2.66. The van der Waals surface area contributed by atoms with Crippen LogP contribution < -0.4 is 4.90 Å². The van der Waals surface area contributed by atoms with Gasteiger partial charge in [0, 0.05) is 22.5 Å². The highest BCUT2D eigenvalue weighted by Gasteiger charge is 2.68. The number of amides is 2. The Kier molecular flexibility index (Phi) is 3.99. The topological polar surface area (TPSA) is 80.5 Å². The van der Waals surface area contributed by atoms with Crippen molar-refractivity contribution in [3.8, 4) is 0 Å². The number of halogens is 2. The predicted octanol–water partition coefficient (Wildman–Crippen LogP) is 5.10. The summed E-state index contributed by atoms with van der Waals surface area (Å²) in [6, 6.07) is 19.5. The highest BCUT2D eigenvalue weighted by molar-refractivity contribution is 9.10.